The summed E-state index contributed by atoms with van der Waals surface area (Å²) in [5.74, 6) is -0.161. The molecule has 0 heterocycles. The molecule has 55 heavy (non-hydrogen) atoms. The summed E-state index contributed by atoms with van der Waals surface area (Å²) in [6, 6.07) is -0.830. The number of carbonyl (C=O) groups excluding carboxylic acids is 1. The smallest absolute Gasteiger partial charge is 0.220 e. The van der Waals surface area contributed by atoms with Crippen molar-refractivity contribution in [3.05, 3.63) is 48.6 Å². The lowest BCUT2D eigenvalue weighted by molar-refractivity contribution is -0.124. The fraction of sp³-hybridized carbons (Fsp3) is 0.820. The van der Waals surface area contributed by atoms with Gasteiger partial charge in [0.2, 0.25) is 5.91 Å². The molecule has 0 radical (unpaired) electrons. The highest BCUT2D eigenvalue weighted by Gasteiger charge is 2.26. The zero-order chi connectivity index (χ0) is 40.1. The Morgan fingerprint density at radius 3 is 1.33 bits per heavy atom. The van der Waals surface area contributed by atoms with Crippen molar-refractivity contribution in [2.75, 3.05) is 6.61 Å². The number of hydrogen-bond donors (Lipinski definition) is 4. The first-order valence-corrected chi connectivity index (χ1v) is 23.9. The second-order valence-corrected chi connectivity index (χ2v) is 16.3. The Morgan fingerprint density at radius 2 is 0.873 bits per heavy atom. The first-order valence-electron chi connectivity index (χ1n) is 23.9. The quantitative estimate of drug-likeness (QED) is 0.0367. The second kappa shape index (κ2) is 45.0. The van der Waals surface area contributed by atoms with E-state index in [9.17, 15) is 20.1 Å². The number of rotatable bonds is 43. The van der Waals surface area contributed by atoms with Gasteiger partial charge in [-0.05, 0) is 77.6 Å². The minimum atomic E-state index is -1.16. The molecule has 0 aromatic rings. The van der Waals surface area contributed by atoms with Gasteiger partial charge >= 0.3 is 0 Å². The van der Waals surface area contributed by atoms with Gasteiger partial charge in [-0.2, -0.15) is 0 Å². The first-order chi connectivity index (χ1) is 27.1. The third kappa shape index (κ3) is 40.3. The van der Waals surface area contributed by atoms with E-state index in [0.29, 0.717) is 12.8 Å². The second-order valence-electron chi connectivity index (χ2n) is 16.3. The van der Waals surface area contributed by atoms with E-state index in [1.54, 1.807) is 0 Å². The van der Waals surface area contributed by atoms with Gasteiger partial charge in [-0.15, -0.1) is 0 Å². The van der Waals surface area contributed by atoms with Crippen molar-refractivity contribution in [1.29, 1.82) is 0 Å². The molecule has 0 rings (SSSR count). The third-order valence-corrected chi connectivity index (χ3v) is 11.0. The van der Waals surface area contributed by atoms with Crippen LogP contribution in [0, 0.1) is 0 Å². The summed E-state index contributed by atoms with van der Waals surface area (Å²) in [7, 11) is 0. The van der Waals surface area contributed by atoms with E-state index in [1.807, 2.05) is 13.0 Å². The van der Waals surface area contributed by atoms with Crippen LogP contribution in [0.4, 0.5) is 0 Å². The topological polar surface area (TPSA) is 89.8 Å². The van der Waals surface area contributed by atoms with Gasteiger partial charge in [-0.1, -0.05) is 203 Å². The first kappa shape index (κ1) is 53.3. The minimum absolute atomic E-state index is 0.161. The van der Waals surface area contributed by atoms with Gasteiger partial charge in [0, 0.05) is 6.42 Å². The molecule has 0 fully saturated rings. The molecule has 4 N–H and O–H groups in total. The fourth-order valence-electron chi connectivity index (χ4n) is 7.28. The maximum absolute atomic E-state index is 12.4. The number of aliphatic hydroxyl groups excluding tert-OH is 3. The van der Waals surface area contributed by atoms with Gasteiger partial charge < -0.3 is 20.6 Å². The largest absolute Gasteiger partial charge is 0.394 e. The lowest BCUT2D eigenvalue weighted by Gasteiger charge is -2.26. The molecule has 3 atom stereocenters. The molecule has 3 unspecified atom stereocenters. The van der Waals surface area contributed by atoms with Crippen LogP contribution in [0.3, 0.4) is 0 Å². The molecule has 0 saturated carbocycles. The Balaban J connectivity index is 3.47. The van der Waals surface area contributed by atoms with Crippen LogP contribution in [0.1, 0.15) is 239 Å². The summed E-state index contributed by atoms with van der Waals surface area (Å²) in [5.41, 5.74) is 0. The number of allylic oxidation sites excluding steroid dienone is 8. The number of nitrogens with one attached hydrogen (secondary N) is 1. The molecule has 0 aliphatic heterocycles. The molecule has 0 aromatic carbocycles. The zero-order valence-corrected chi connectivity index (χ0v) is 36.6. The Bertz CT molecular complexity index is 896. The monoisotopic (exact) mass is 772 g/mol. The SMILES string of the molecule is C/C=C/CC/C=C/CCCC(O)C(O)C(CO)NC(=O)CCCCCCCCCCCCCCCCCCC/C=C\C/C=C\CCCCCCCCCCC. The molecular weight excluding hydrogens is 679 g/mol. The van der Waals surface area contributed by atoms with Crippen molar-refractivity contribution >= 4 is 5.91 Å². The summed E-state index contributed by atoms with van der Waals surface area (Å²) in [4.78, 5) is 12.4. The standard InChI is InChI=1S/C50H93NO4/c1-3-5-7-9-11-13-14-15-16-17-18-19-20-21-22-23-24-25-26-27-28-29-30-31-32-33-34-35-36-37-39-41-43-45-49(54)51-47(46-52)50(55)48(53)44-42-40-38-12-10-8-6-4-2/h4,6,12,18-19,21-22,38,47-48,50,52-53,55H,3,5,7-11,13-17,20,23-37,39-46H2,1-2H3,(H,51,54)/b6-4+,19-18-,22-21-,38-12+. The zero-order valence-electron chi connectivity index (χ0n) is 36.6. The van der Waals surface area contributed by atoms with Gasteiger partial charge in [0.1, 0.15) is 6.10 Å². The van der Waals surface area contributed by atoms with Crippen molar-refractivity contribution in [2.45, 2.75) is 257 Å². The lowest BCUT2D eigenvalue weighted by Crippen LogP contribution is -2.50. The van der Waals surface area contributed by atoms with E-state index in [2.05, 4.69) is 54.8 Å². The molecule has 5 nitrogen and oxygen atoms in total. The van der Waals surface area contributed by atoms with Crippen LogP contribution in [0.5, 0.6) is 0 Å². The lowest BCUT2D eigenvalue weighted by atomic mass is 10.0. The Kier molecular flexibility index (Phi) is 43.6. The Morgan fingerprint density at radius 1 is 0.491 bits per heavy atom. The molecule has 322 valence electrons. The Labute approximate surface area is 342 Å². The van der Waals surface area contributed by atoms with Crippen LogP contribution in [-0.4, -0.2) is 46.1 Å². The van der Waals surface area contributed by atoms with Gasteiger partial charge in [-0.25, -0.2) is 0 Å². The third-order valence-electron chi connectivity index (χ3n) is 11.0. The number of unbranched alkanes of at least 4 members (excludes halogenated alkanes) is 28. The summed E-state index contributed by atoms with van der Waals surface area (Å²) >= 11 is 0. The van der Waals surface area contributed by atoms with Crippen LogP contribution in [-0.2, 0) is 4.79 Å². The molecule has 0 aromatic heterocycles. The van der Waals surface area contributed by atoms with Crippen LogP contribution < -0.4 is 5.32 Å². The molecule has 0 bridgehead atoms. The molecular formula is C50H93NO4. The predicted molar refractivity (Wildman–Crippen MR) is 241 cm³/mol. The maximum atomic E-state index is 12.4. The van der Waals surface area contributed by atoms with Crippen LogP contribution in [0.25, 0.3) is 0 Å². The van der Waals surface area contributed by atoms with Crippen molar-refractivity contribution in [3.8, 4) is 0 Å². The van der Waals surface area contributed by atoms with Crippen molar-refractivity contribution < 1.29 is 20.1 Å². The molecule has 0 saturated heterocycles. The molecule has 0 aliphatic carbocycles. The normalized spacial score (nSPS) is 13.9. The highest BCUT2D eigenvalue weighted by molar-refractivity contribution is 5.76. The van der Waals surface area contributed by atoms with Gasteiger partial charge in [-0.3, -0.25) is 4.79 Å². The average molecular weight is 772 g/mol. The molecule has 5 heteroatoms. The van der Waals surface area contributed by atoms with E-state index in [4.69, 9.17) is 0 Å². The highest BCUT2D eigenvalue weighted by Crippen LogP contribution is 2.16. The minimum Gasteiger partial charge on any atom is -0.394 e. The van der Waals surface area contributed by atoms with Crippen LogP contribution >= 0.6 is 0 Å². The van der Waals surface area contributed by atoms with Crippen LogP contribution in [0.2, 0.25) is 0 Å². The number of hydrogen-bond acceptors (Lipinski definition) is 4. The van der Waals surface area contributed by atoms with E-state index < -0.39 is 18.2 Å². The molecule has 0 aliphatic rings. The fourth-order valence-corrected chi connectivity index (χ4v) is 7.28. The van der Waals surface area contributed by atoms with E-state index >= 15 is 0 Å². The van der Waals surface area contributed by atoms with Crippen molar-refractivity contribution in [3.63, 3.8) is 0 Å². The van der Waals surface area contributed by atoms with Crippen molar-refractivity contribution in [1.82, 2.24) is 5.32 Å². The number of carbonyl (C=O) groups is 1. The number of aliphatic hydroxyl groups is 3. The average Bonchev–Trinajstić information content (AvgIpc) is 3.19. The number of amides is 1. The van der Waals surface area contributed by atoms with E-state index in [-0.39, 0.29) is 12.5 Å². The van der Waals surface area contributed by atoms with Gasteiger partial charge in [0.25, 0.3) is 0 Å². The van der Waals surface area contributed by atoms with Gasteiger partial charge in [0.05, 0.1) is 18.8 Å². The van der Waals surface area contributed by atoms with E-state index in [0.717, 1.165) is 51.4 Å². The molecule has 0 spiro atoms. The van der Waals surface area contributed by atoms with Gasteiger partial charge in [0.15, 0.2) is 0 Å². The highest BCUT2D eigenvalue weighted by atomic mass is 16.3. The van der Waals surface area contributed by atoms with E-state index in [1.165, 1.54) is 161 Å². The summed E-state index contributed by atoms with van der Waals surface area (Å²) < 4.78 is 0. The molecule has 1 amide bonds. The maximum Gasteiger partial charge on any atom is 0.220 e. The van der Waals surface area contributed by atoms with Crippen molar-refractivity contribution in [2.24, 2.45) is 0 Å². The van der Waals surface area contributed by atoms with Crippen LogP contribution in [0.15, 0.2) is 48.6 Å². The Hall–Kier alpha value is -1.69. The summed E-state index contributed by atoms with van der Waals surface area (Å²) in [6.45, 7) is 3.92. The summed E-state index contributed by atoms with van der Waals surface area (Å²) in [6.07, 6.45) is 58.6. The predicted octanol–water partition coefficient (Wildman–Crippen LogP) is 14.1. The summed E-state index contributed by atoms with van der Waals surface area (Å²) in [5, 5.41) is 33.2.